The van der Waals surface area contributed by atoms with E-state index < -0.39 is 17.0 Å². The summed E-state index contributed by atoms with van der Waals surface area (Å²) >= 11 is 0. The molecule has 1 atom stereocenters. The van der Waals surface area contributed by atoms with Gasteiger partial charge in [-0.2, -0.15) is 0 Å². The van der Waals surface area contributed by atoms with E-state index >= 15 is 0 Å². The number of nitro benzene ring substituents is 1. The van der Waals surface area contributed by atoms with Crippen LogP contribution in [0, 0.1) is 10.1 Å². The summed E-state index contributed by atoms with van der Waals surface area (Å²) in [5.74, 6) is 0.100. The van der Waals surface area contributed by atoms with Crippen molar-refractivity contribution in [2.75, 3.05) is 19.5 Å². The molecule has 0 saturated carbocycles. The van der Waals surface area contributed by atoms with Crippen LogP contribution in [0.3, 0.4) is 0 Å². The van der Waals surface area contributed by atoms with Crippen LogP contribution in [0.4, 0.5) is 16.2 Å². The van der Waals surface area contributed by atoms with Gasteiger partial charge in [-0.25, -0.2) is 4.79 Å². The molecule has 0 bridgehead atoms. The molecule has 2 aromatic carbocycles. The number of methoxy groups -OCH3 is 1. The van der Waals surface area contributed by atoms with Gasteiger partial charge in [0.05, 0.1) is 17.7 Å². The molecular formula is C18H20N4O5. The zero-order valence-electron chi connectivity index (χ0n) is 14.9. The number of hydrogen-bond donors (Lipinski definition) is 3. The quantitative estimate of drug-likeness (QED) is 0.507. The predicted molar refractivity (Wildman–Crippen MR) is 99.8 cm³/mol. The molecule has 0 fully saturated rings. The number of urea groups is 1. The summed E-state index contributed by atoms with van der Waals surface area (Å²) in [6.07, 6.45) is 0.178. The molecule has 0 heterocycles. The van der Waals surface area contributed by atoms with Crippen LogP contribution in [-0.4, -0.2) is 37.1 Å². The number of nitrogens with zero attached hydrogens (tertiary/aromatic N) is 1. The summed E-state index contributed by atoms with van der Waals surface area (Å²) < 4.78 is 5.17. The standard InChI is InChI=1S/C18H20N4O5/c1-19-17(23)15(11-12-7-9-13(10-8-12)22(25)26)21-18(24)20-14-5-3-4-6-16(14)27-2/h3-10,15H,11H2,1-2H3,(H,19,23)(H2,20,21,24)/t15-/m0/s1. The molecule has 3 N–H and O–H groups in total. The van der Waals surface area contributed by atoms with E-state index in [9.17, 15) is 19.7 Å². The maximum atomic E-state index is 12.3. The van der Waals surface area contributed by atoms with Crippen LogP contribution < -0.4 is 20.7 Å². The van der Waals surface area contributed by atoms with Gasteiger partial charge in [-0.1, -0.05) is 24.3 Å². The number of nitro groups is 1. The molecule has 2 aromatic rings. The first-order chi connectivity index (χ1) is 12.9. The first-order valence-electron chi connectivity index (χ1n) is 8.10. The van der Waals surface area contributed by atoms with Gasteiger partial charge in [0.25, 0.3) is 5.69 Å². The molecule has 0 radical (unpaired) electrons. The lowest BCUT2D eigenvalue weighted by molar-refractivity contribution is -0.384. The van der Waals surface area contributed by atoms with Crippen LogP contribution >= 0.6 is 0 Å². The summed E-state index contributed by atoms with van der Waals surface area (Å²) in [5.41, 5.74) is 1.09. The van der Waals surface area contributed by atoms with Gasteiger partial charge >= 0.3 is 6.03 Å². The number of benzene rings is 2. The van der Waals surface area contributed by atoms with Crippen LogP contribution in [0.5, 0.6) is 5.75 Å². The molecule has 142 valence electrons. The third-order valence-electron chi connectivity index (χ3n) is 3.81. The van der Waals surface area contributed by atoms with E-state index in [0.717, 1.165) is 0 Å². The van der Waals surface area contributed by atoms with E-state index in [2.05, 4.69) is 16.0 Å². The number of nitrogens with one attached hydrogen (secondary N) is 3. The SMILES string of the molecule is CNC(=O)[C@H](Cc1ccc([N+](=O)[O-])cc1)NC(=O)Nc1ccccc1OC. The second-order valence-electron chi connectivity index (χ2n) is 5.59. The monoisotopic (exact) mass is 372 g/mol. The number of amides is 3. The second kappa shape index (κ2) is 9.18. The molecule has 0 aliphatic carbocycles. The van der Waals surface area contributed by atoms with Crippen molar-refractivity contribution in [3.8, 4) is 5.75 Å². The van der Waals surface area contributed by atoms with Crippen molar-refractivity contribution >= 4 is 23.3 Å². The Balaban J connectivity index is 2.08. The van der Waals surface area contributed by atoms with Gasteiger partial charge in [0.1, 0.15) is 11.8 Å². The molecule has 0 unspecified atom stereocenters. The minimum atomic E-state index is -0.855. The van der Waals surface area contributed by atoms with Crippen LogP contribution in [0.1, 0.15) is 5.56 Å². The highest BCUT2D eigenvalue weighted by molar-refractivity contribution is 5.94. The number of non-ortho nitro benzene ring substituents is 1. The molecule has 3 amide bonds. The predicted octanol–water partition coefficient (Wildman–Crippen LogP) is 2.08. The molecule has 0 aliphatic rings. The largest absolute Gasteiger partial charge is 0.495 e. The maximum Gasteiger partial charge on any atom is 0.320 e. The van der Waals surface area contributed by atoms with E-state index in [4.69, 9.17) is 4.74 Å². The minimum Gasteiger partial charge on any atom is -0.495 e. The Hall–Kier alpha value is -3.62. The maximum absolute atomic E-state index is 12.3. The fourth-order valence-corrected chi connectivity index (χ4v) is 2.44. The van der Waals surface area contributed by atoms with Crippen molar-refractivity contribution in [1.29, 1.82) is 0 Å². The Labute approximate surface area is 155 Å². The number of ether oxygens (including phenoxy) is 1. The molecule has 0 aliphatic heterocycles. The Morgan fingerprint density at radius 3 is 2.41 bits per heavy atom. The number of likely N-dealkylation sites (N-methyl/N-ethyl adjacent to an activating group) is 1. The van der Waals surface area contributed by atoms with Crippen LogP contribution in [0.25, 0.3) is 0 Å². The summed E-state index contributed by atoms with van der Waals surface area (Å²) in [7, 11) is 2.95. The van der Waals surface area contributed by atoms with E-state index in [1.165, 1.54) is 26.3 Å². The second-order valence-corrected chi connectivity index (χ2v) is 5.59. The van der Waals surface area contributed by atoms with Crippen molar-refractivity contribution in [2.45, 2.75) is 12.5 Å². The Morgan fingerprint density at radius 2 is 1.81 bits per heavy atom. The van der Waals surface area contributed by atoms with Crippen LogP contribution in [0.15, 0.2) is 48.5 Å². The number of carbonyl (C=O) groups is 2. The van der Waals surface area contributed by atoms with E-state index in [0.29, 0.717) is 17.0 Å². The van der Waals surface area contributed by atoms with E-state index in [1.807, 2.05) is 0 Å². The average molecular weight is 372 g/mol. The average Bonchev–Trinajstić information content (AvgIpc) is 2.67. The summed E-state index contributed by atoms with van der Waals surface area (Å²) in [6, 6.07) is 11.3. The van der Waals surface area contributed by atoms with Gasteiger partial charge in [0.2, 0.25) is 5.91 Å². The zero-order valence-corrected chi connectivity index (χ0v) is 14.9. The van der Waals surface area contributed by atoms with Crippen molar-refractivity contribution in [2.24, 2.45) is 0 Å². The normalized spacial score (nSPS) is 11.2. The fraction of sp³-hybridized carbons (Fsp3) is 0.222. The molecule has 0 spiro atoms. The molecule has 9 heteroatoms. The highest BCUT2D eigenvalue weighted by Gasteiger charge is 2.21. The van der Waals surface area contributed by atoms with Gasteiger partial charge in [-0.3, -0.25) is 14.9 Å². The lowest BCUT2D eigenvalue weighted by Gasteiger charge is -2.18. The van der Waals surface area contributed by atoms with Crippen molar-refractivity contribution in [3.05, 3.63) is 64.2 Å². The summed E-state index contributed by atoms with van der Waals surface area (Å²) in [5, 5.41) is 18.5. The van der Waals surface area contributed by atoms with Gasteiger partial charge < -0.3 is 20.7 Å². The first-order valence-corrected chi connectivity index (χ1v) is 8.10. The molecule has 9 nitrogen and oxygen atoms in total. The number of anilines is 1. The molecule has 2 rings (SSSR count). The molecule has 0 saturated heterocycles. The van der Waals surface area contributed by atoms with Crippen LogP contribution in [0.2, 0.25) is 0 Å². The topological polar surface area (TPSA) is 123 Å². The summed E-state index contributed by atoms with van der Waals surface area (Å²) in [6.45, 7) is 0. The number of carbonyl (C=O) groups excluding carboxylic acids is 2. The smallest absolute Gasteiger partial charge is 0.320 e. The molecule has 27 heavy (non-hydrogen) atoms. The fourth-order valence-electron chi connectivity index (χ4n) is 2.44. The lowest BCUT2D eigenvalue weighted by Crippen LogP contribution is -2.48. The van der Waals surface area contributed by atoms with Crippen molar-refractivity contribution in [1.82, 2.24) is 10.6 Å². The Bertz CT molecular complexity index is 823. The highest BCUT2D eigenvalue weighted by Crippen LogP contribution is 2.22. The number of para-hydroxylation sites is 2. The van der Waals surface area contributed by atoms with Gasteiger partial charge in [0, 0.05) is 25.6 Å². The number of rotatable bonds is 7. The van der Waals surface area contributed by atoms with Crippen molar-refractivity contribution < 1.29 is 19.2 Å². The lowest BCUT2D eigenvalue weighted by atomic mass is 10.0. The molecule has 0 aromatic heterocycles. The third-order valence-corrected chi connectivity index (χ3v) is 3.81. The zero-order chi connectivity index (χ0) is 19.8. The third kappa shape index (κ3) is 5.43. The first kappa shape index (κ1) is 19.7. The summed E-state index contributed by atoms with van der Waals surface area (Å²) in [4.78, 5) is 34.6. The van der Waals surface area contributed by atoms with Crippen LogP contribution in [-0.2, 0) is 11.2 Å². The molecular weight excluding hydrogens is 352 g/mol. The van der Waals surface area contributed by atoms with E-state index in [-0.39, 0.29) is 18.0 Å². The Kier molecular flexibility index (Phi) is 6.70. The number of hydrogen-bond acceptors (Lipinski definition) is 5. The van der Waals surface area contributed by atoms with Gasteiger partial charge in [-0.15, -0.1) is 0 Å². The minimum absolute atomic E-state index is 0.0443. The van der Waals surface area contributed by atoms with Gasteiger partial charge in [0.15, 0.2) is 0 Å². The Morgan fingerprint density at radius 1 is 1.15 bits per heavy atom. The van der Waals surface area contributed by atoms with E-state index in [1.54, 1.807) is 36.4 Å². The van der Waals surface area contributed by atoms with Crippen molar-refractivity contribution in [3.63, 3.8) is 0 Å². The highest BCUT2D eigenvalue weighted by atomic mass is 16.6. The van der Waals surface area contributed by atoms with Gasteiger partial charge in [-0.05, 0) is 17.7 Å².